The minimum Gasteiger partial charge on any atom is -0.457 e. The summed E-state index contributed by atoms with van der Waals surface area (Å²) in [5, 5.41) is 9.66. The standard InChI is InChI=1S/C26H27NO3/c1-26(2)22(15-18-9-6-7-10-18)24(26)25(28)30-23(17-27)19-11-8-14-21(16-19)29-20-12-4-3-5-13-20/h3-5,8,11-16,22-24H,6-7,9-10H2,1-2H3. The molecule has 0 spiro atoms. The first kappa shape index (κ1) is 20.2. The number of benzene rings is 2. The molecule has 2 saturated carbocycles. The predicted molar refractivity (Wildman–Crippen MR) is 115 cm³/mol. The van der Waals surface area contributed by atoms with E-state index >= 15 is 0 Å². The summed E-state index contributed by atoms with van der Waals surface area (Å²) in [6.07, 6.45) is 6.10. The number of nitriles is 1. The van der Waals surface area contributed by atoms with Gasteiger partial charge in [-0.15, -0.1) is 0 Å². The van der Waals surface area contributed by atoms with Crippen LogP contribution in [0.25, 0.3) is 0 Å². The molecular formula is C26H27NO3. The Morgan fingerprint density at radius 3 is 2.50 bits per heavy atom. The molecule has 2 fully saturated rings. The molecule has 0 bridgehead atoms. The van der Waals surface area contributed by atoms with E-state index in [4.69, 9.17) is 9.47 Å². The molecule has 0 N–H and O–H groups in total. The Hall–Kier alpha value is -3.06. The van der Waals surface area contributed by atoms with Gasteiger partial charge in [-0.05, 0) is 61.3 Å². The van der Waals surface area contributed by atoms with Gasteiger partial charge < -0.3 is 9.47 Å². The highest BCUT2D eigenvalue weighted by Gasteiger charge is 2.61. The summed E-state index contributed by atoms with van der Waals surface area (Å²) < 4.78 is 11.5. The highest BCUT2D eigenvalue weighted by molar-refractivity contribution is 5.78. The van der Waals surface area contributed by atoms with Crippen LogP contribution in [0, 0.1) is 28.6 Å². The summed E-state index contributed by atoms with van der Waals surface area (Å²) in [7, 11) is 0. The summed E-state index contributed by atoms with van der Waals surface area (Å²) >= 11 is 0. The number of nitrogens with zero attached hydrogens (tertiary/aromatic N) is 1. The lowest BCUT2D eigenvalue weighted by Crippen LogP contribution is -2.14. The highest BCUT2D eigenvalue weighted by Crippen LogP contribution is 2.60. The minimum absolute atomic E-state index is 0.120. The molecule has 2 aliphatic carbocycles. The lowest BCUT2D eigenvalue weighted by molar-refractivity contribution is -0.149. The maximum Gasteiger partial charge on any atom is 0.311 e. The first-order valence-electron chi connectivity index (χ1n) is 10.6. The second-order valence-corrected chi connectivity index (χ2v) is 8.79. The molecule has 0 aromatic heterocycles. The number of esters is 1. The van der Waals surface area contributed by atoms with E-state index in [-0.39, 0.29) is 23.2 Å². The van der Waals surface area contributed by atoms with Crippen LogP contribution in [0.15, 0.2) is 66.2 Å². The number of carbonyl (C=O) groups is 1. The zero-order valence-corrected chi connectivity index (χ0v) is 17.5. The molecular weight excluding hydrogens is 374 g/mol. The fourth-order valence-corrected chi connectivity index (χ4v) is 4.41. The Morgan fingerprint density at radius 1 is 1.10 bits per heavy atom. The van der Waals surface area contributed by atoms with E-state index in [0.717, 1.165) is 12.8 Å². The van der Waals surface area contributed by atoms with Gasteiger partial charge in [-0.3, -0.25) is 4.79 Å². The number of ether oxygens (including phenoxy) is 2. The van der Waals surface area contributed by atoms with E-state index in [1.54, 1.807) is 18.2 Å². The average Bonchev–Trinajstić information content (AvgIpc) is 3.07. The Bertz CT molecular complexity index is 979. The molecule has 2 aliphatic rings. The van der Waals surface area contributed by atoms with E-state index < -0.39 is 6.10 Å². The van der Waals surface area contributed by atoms with Gasteiger partial charge in [0.1, 0.15) is 17.6 Å². The van der Waals surface area contributed by atoms with Gasteiger partial charge >= 0.3 is 5.97 Å². The highest BCUT2D eigenvalue weighted by atomic mass is 16.5. The van der Waals surface area contributed by atoms with Gasteiger partial charge in [0.25, 0.3) is 0 Å². The van der Waals surface area contributed by atoms with Crippen molar-refractivity contribution in [3.8, 4) is 17.6 Å². The van der Waals surface area contributed by atoms with E-state index in [0.29, 0.717) is 17.1 Å². The molecule has 0 heterocycles. The zero-order valence-electron chi connectivity index (χ0n) is 17.5. The second kappa shape index (κ2) is 8.36. The molecule has 3 unspecified atom stereocenters. The van der Waals surface area contributed by atoms with Crippen molar-refractivity contribution in [2.75, 3.05) is 0 Å². The Labute approximate surface area is 178 Å². The third kappa shape index (κ3) is 4.26. The van der Waals surface area contributed by atoms with E-state index in [1.807, 2.05) is 36.4 Å². The average molecular weight is 402 g/mol. The van der Waals surface area contributed by atoms with Gasteiger partial charge in [0.2, 0.25) is 6.10 Å². The van der Waals surface area contributed by atoms with E-state index in [9.17, 15) is 10.1 Å². The molecule has 0 amide bonds. The molecule has 0 aliphatic heterocycles. The molecule has 4 nitrogen and oxygen atoms in total. The van der Waals surface area contributed by atoms with Crippen molar-refractivity contribution in [2.24, 2.45) is 17.3 Å². The van der Waals surface area contributed by atoms with Gasteiger partial charge in [-0.2, -0.15) is 5.26 Å². The normalized spacial score (nSPS) is 22.6. The summed E-state index contributed by atoms with van der Waals surface area (Å²) in [5.41, 5.74) is 1.96. The van der Waals surface area contributed by atoms with Crippen LogP contribution in [0.5, 0.6) is 11.5 Å². The number of hydrogen-bond acceptors (Lipinski definition) is 4. The van der Waals surface area contributed by atoms with Gasteiger partial charge in [0.15, 0.2) is 0 Å². The number of rotatable bonds is 6. The van der Waals surface area contributed by atoms with Crippen molar-refractivity contribution in [1.29, 1.82) is 5.26 Å². The Morgan fingerprint density at radius 2 is 1.80 bits per heavy atom. The summed E-state index contributed by atoms with van der Waals surface area (Å²) in [5.74, 6) is 1.03. The van der Waals surface area contributed by atoms with Crippen molar-refractivity contribution >= 4 is 5.97 Å². The summed E-state index contributed by atoms with van der Waals surface area (Å²) in [6.45, 7) is 4.20. The van der Waals surface area contributed by atoms with Crippen LogP contribution in [0.1, 0.15) is 51.2 Å². The molecule has 0 saturated heterocycles. The van der Waals surface area contributed by atoms with Gasteiger partial charge in [0.05, 0.1) is 5.92 Å². The smallest absolute Gasteiger partial charge is 0.311 e. The summed E-state index contributed by atoms with van der Waals surface area (Å²) in [6, 6.07) is 18.7. The third-order valence-electron chi connectivity index (χ3n) is 6.32. The maximum absolute atomic E-state index is 12.9. The molecule has 3 atom stereocenters. The lowest BCUT2D eigenvalue weighted by atomic mass is 10.1. The number of carbonyl (C=O) groups excluding carboxylic acids is 1. The quantitative estimate of drug-likeness (QED) is 0.417. The Balaban J connectivity index is 1.45. The number of allylic oxidation sites excluding steroid dienone is 2. The first-order valence-corrected chi connectivity index (χ1v) is 10.6. The van der Waals surface area contributed by atoms with Gasteiger partial charge in [-0.1, -0.05) is 55.8 Å². The number of para-hydroxylation sites is 1. The van der Waals surface area contributed by atoms with Crippen LogP contribution in [0.4, 0.5) is 0 Å². The molecule has 0 radical (unpaired) electrons. The van der Waals surface area contributed by atoms with Gasteiger partial charge in [-0.25, -0.2) is 0 Å². The molecule has 30 heavy (non-hydrogen) atoms. The number of hydrogen-bond donors (Lipinski definition) is 0. The zero-order chi connectivity index (χ0) is 21.1. The van der Waals surface area contributed by atoms with Gasteiger partial charge in [0, 0.05) is 5.56 Å². The molecule has 2 aromatic carbocycles. The summed E-state index contributed by atoms with van der Waals surface area (Å²) in [4.78, 5) is 12.9. The molecule has 4 rings (SSSR count). The fourth-order valence-electron chi connectivity index (χ4n) is 4.41. The monoisotopic (exact) mass is 401 g/mol. The predicted octanol–water partition coefficient (Wildman–Crippen LogP) is 6.36. The van der Waals surface area contributed by atoms with Crippen LogP contribution >= 0.6 is 0 Å². The van der Waals surface area contributed by atoms with Crippen LogP contribution in [0.3, 0.4) is 0 Å². The van der Waals surface area contributed by atoms with Crippen molar-refractivity contribution in [1.82, 2.24) is 0 Å². The SMILES string of the molecule is CC1(C)C(C=C2CCCC2)C1C(=O)OC(C#N)c1cccc(Oc2ccccc2)c1. The van der Waals surface area contributed by atoms with E-state index in [1.165, 1.54) is 18.4 Å². The van der Waals surface area contributed by atoms with Crippen molar-refractivity contribution in [2.45, 2.75) is 45.6 Å². The Kier molecular flexibility index (Phi) is 5.63. The minimum atomic E-state index is -0.951. The lowest BCUT2D eigenvalue weighted by Gasteiger charge is -2.13. The van der Waals surface area contributed by atoms with Crippen molar-refractivity contribution < 1.29 is 14.3 Å². The van der Waals surface area contributed by atoms with Crippen LogP contribution < -0.4 is 4.74 Å². The maximum atomic E-state index is 12.9. The molecule has 4 heteroatoms. The van der Waals surface area contributed by atoms with Crippen molar-refractivity contribution in [3.05, 3.63) is 71.8 Å². The van der Waals surface area contributed by atoms with Crippen LogP contribution in [0.2, 0.25) is 0 Å². The van der Waals surface area contributed by atoms with Crippen molar-refractivity contribution in [3.63, 3.8) is 0 Å². The molecule has 154 valence electrons. The fraction of sp³-hybridized carbons (Fsp3) is 0.385. The topological polar surface area (TPSA) is 59.3 Å². The first-order chi connectivity index (χ1) is 14.5. The largest absolute Gasteiger partial charge is 0.457 e. The second-order valence-electron chi connectivity index (χ2n) is 8.79. The van der Waals surface area contributed by atoms with E-state index in [2.05, 4.69) is 26.0 Å². The van der Waals surface area contributed by atoms with Crippen LogP contribution in [-0.4, -0.2) is 5.97 Å². The third-order valence-corrected chi connectivity index (χ3v) is 6.32. The molecule has 2 aromatic rings. The van der Waals surface area contributed by atoms with Crippen LogP contribution in [-0.2, 0) is 9.53 Å².